The standard InChI is InChI=1S/C18H24N4O2S.HI/c1-19-18(20-13-15-7-5-4-6-8-15)21-14-16-9-11-17(12-10-16)25(23,24)22(2)3;/h4-12H,13-14H2,1-3H3,(H2,19,20,21);1H. The van der Waals surface area contributed by atoms with Gasteiger partial charge < -0.3 is 10.6 Å². The summed E-state index contributed by atoms with van der Waals surface area (Å²) < 4.78 is 25.3. The summed E-state index contributed by atoms with van der Waals surface area (Å²) in [5.74, 6) is 0.689. The summed E-state index contributed by atoms with van der Waals surface area (Å²) in [7, 11) is 1.37. The number of guanidine groups is 1. The number of aliphatic imine (C=N–C) groups is 1. The molecule has 2 rings (SSSR count). The van der Waals surface area contributed by atoms with Crippen LogP contribution in [0.4, 0.5) is 0 Å². The molecule has 2 aromatic rings. The third-order valence-corrected chi connectivity index (χ3v) is 5.52. The number of sulfonamides is 1. The molecule has 0 heterocycles. The van der Waals surface area contributed by atoms with E-state index in [1.54, 1.807) is 31.3 Å². The number of nitrogens with one attached hydrogen (secondary N) is 2. The molecule has 8 heteroatoms. The van der Waals surface area contributed by atoms with Crippen LogP contribution in [0.3, 0.4) is 0 Å². The van der Waals surface area contributed by atoms with E-state index in [-0.39, 0.29) is 28.9 Å². The fourth-order valence-corrected chi connectivity index (χ4v) is 3.08. The van der Waals surface area contributed by atoms with Gasteiger partial charge in [-0.25, -0.2) is 12.7 Å². The lowest BCUT2D eigenvalue weighted by molar-refractivity contribution is 0.520. The molecule has 0 saturated heterocycles. The Hall–Kier alpha value is -1.65. The summed E-state index contributed by atoms with van der Waals surface area (Å²) in [5, 5.41) is 6.46. The molecule has 0 spiro atoms. The molecule has 0 aliphatic heterocycles. The Morgan fingerprint density at radius 3 is 1.88 bits per heavy atom. The van der Waals surface area contributed by atoms with Crippen molar-refractivity contribution in [3.63, 3.8) is 0 Å². The molecular formula is C18H25IN4O2S. The summed E-state index contributed by atoms with van der Waals surface area (Å²) in [4.78, 5) is 4.48. The van der Waals surface area contributed by atoms with Crippen LogP contribution >= 0.6 is 24.0 Å². The van der Waals surface area contributed by atoms with Crippen molar-refractivity contribution in [3.05, 3.63) is 65.7 Å². The third kappa shape index (κ3) is 6.26. The van der Waals surface area contributed by atoms with E-state index in [0.29, 0.717) is 19.0 Å². The minimum Gasteiger partial charge on any atom is -0.352 e. The average Bonchev–Trinajstić information content (AvgIpc) is 2.63. The first-order valence-electron chi connectivity index (χ1n) is 7.93. The maximum absolute atomic E-state index is 12.1. The second kappa shape index (κ2) is 10.5. The zero-order chi connectivity index (χ0) is 18.3. The highest BCUT2D eigenvalue weighted by Gasteiger charge is 2.16. The van der Waals surface area contributed by atoms with Gasteiger partial charge in [0.25, 0.3) is 0 Å². The minimum atomic E-state index is -3.39. The fourth-order valence-electron chi connectivity index (χ4n) is 2.18. The van der Waals surface area contributed by atoms with Crippen LogP contribution in [0.25, 0.3) is 0 Å². The predicted octanol–water partition coefficient (Wildman–Crippen LogP) is 2.42. The van der Waals surface area contributed by atoms with Crippen LogP contribution in [-0.4, -0.2) is 39.8 Å². The summed E-state index contributed by atoms with van der Waals surface area (Å²) >= 11 is 0. The van der Waals surface area contributed by atoms with Crippen molar-refractivity contribution in [1.82, 2.24) is 14.9 Å². The quantitative estimate of drug-likeness (QED) is 0.372. The van der Waals surface area contributed by atoms with Crippen LogP contribution in [0, 0.1) is 0 Å². The molecule has 0 amide bonds. The smallest absolute Gasteiger partial charge is 0.242 e. The van der Waals surface area contributed by atoms with Gasteiger partial charge in [0.2, 0.25) is 10.0 Å². The zero-order valence-corrected chi connectivity index (χ0v) is 18.3. The van der Waals surface area contributed by atoms with Crippen LogP contribution in [0.1, 0.15) is 11.1 Å². The normalized spacial score (nSPS) is 11.8. The van der Waals surface area contributed by atoms with Gasteiger partial charge in [-0.1, -0.05) is 42.5 Å². The summed E-state index contributed by atoms with van der Waals surface area (Å²) in [6.07, 6.45) is 0. The van der Waals surface area contributed by atoms with E-state index in [2.05, 4.69) is 15.6 Å². The minimum absolute atomic E-state index is 0. The van der Waals surface area contributed by atoms with Crippen LogP contribution in [0.15, 0.2) is 64.5 Å². The van der Waals surface area contributed by atoms with Gasteiger partial charge in [0.05, 0.1) is 4.90 Å². The second-order valence-corrected chi connectivity index (χ2v) is 7.85. The van der Waals surface area contributed by atoms with Gasteiger partial charge in [-0.3, -0.25) is 4.99 Å². The lowest BCUT2D eigenvalue weighted by Gasteiger charge is -2.13. The highest BCUT2D eigenvalue weighted by Crippen LogP contribution is 2.13. The first-order chi connectivity index (χ1) is 11.9. The van der Waals surface area contributed by atoms with Crippen molar-refractivity contribution >= 4 is 40.0 Å². The molecule has 6 nitrogen and oxygen atoms in total. The number of halogens is 1. The molecule has 26 heavy (non-hydrogen) atoms. The Morgan fingerprint density at radius 2 is 1.42 bits per heavy atom. The van der Waals surface area contributed by atoms with Crippen molar-refractivity contribution in [1.29, 1.82) is 0 Å². The zero-order valence-electron chi connectivity index (χ0n) is 15.1. The second-order valence-electron chi connectivity index (χ2n) is 5.70. The van der Waals surface area contributed by atoms with Gasteiger partial charge in [0.1, 0.15) is 0 Å². The molecule has 0 bridgehead atoms. The van der Waals surface area contributed by atoms with Gasteiger partial charge >= 0.3 is 0 Å². The molecule has 2 N–H and O–H groups in total. The fraction of sp³-hybridized carbons (Fsp3) is 0.278. The third-order valence-electron chi connectivity index (χ3n) is 3.69. The molecule has 0 aliphatic carbocycles. The van der Waals surface area contributed by atoms with E-state index in [1.165, 1.54) is 24.0 Å². The molecule has 0 radical (unpaired) electrons. The van der Waals surface area contributed by atoms with E-state index >= 15 is 0 Å². The molecule has 0 aromatic heterocycles. The lowest BCUT2D eigenvalue weighted by Crippen LogP contribution is -2.36. The first kappa shape index (κ1) is 22.4. The number of rotatable bonds is 6. The summed E-state index contributed by atoms with van der Waals surface area (Å²) in [6, 6.07) is 16.9. The van der Waals surface area contributed by atoms with E-state index in [0.717, 1.165) is 5.56 Å². The van der Waals surface area contributed by atoms with E-state index in [1.807, 2.05) is 30.3 Å². The van der Waals surface area contributed by atoms with Gasteiger partial charge in [-0.05, 0) is 23.3 Å². The Labute approximate surface area is 172 Å². The SMILES string of the molecule is CN=C(NCc1ccccc1)NCc1ccc(S(=O)(=O)N(C)C)cc1.I. The van der Waals surface area contributed by atoms with Gasteiger partial charge in [-0.2, -0.15) is 0 Å². The lowest BCUT2D eigenvalue weighted by atomic mass is 10.2. The average molecular weight is 488 g/mol. The van der Waals surface area contributed by atoms with Crippen molar-refractivity contribution in [2.45, 2.75) is 18.0 Å². The Kier molecular flexibility index (Phi) is 9.03. The van der Waals surface area contributed by atoms with Gasteiger partial charge in [0, 0.05) is 34.2 Å². The number of hydrogen-bond donors (Lipinski definition) is 2. The van der Waals surface area contributed by atoms with Gasteiger partial charge in [-0.15, -0.1) is 24.0 Å². The molecule has 0 atom stereocenters. The Balaban J connectivity index is 0.00000338. The number of hydrogen-bond acceptors (Lipinski definition) is 3. The maximum atomic E-state index is 12.1. The van der Waals surface area contributed by atoms with Crippen LogP contribution in [-0.2, 0) is 23.1 Å². The Morgan fingerprint density at radius 1 is 0.923 bits per heavy atom. The largest absolute Gasteiger partial charge is 0.352 e. The topological polar surface area (TPSA) is 73.8 Å². The summed E-state index contributed by atoms with van der Waals surface area (Å²) in [6.45, 7) is 1.23. The van der Waals surface area contributed by atoms with Gasteiger partial charge in [0.15, 0.2) is 5.96 Å². The monoisotopic (exact) mass is 488 g/mol. The molecule has 0 fully saturated rings. The van der Waals surface area contributed by atoms with Crippen molar-refractivity contribution in [2.75, 3.05) is 21.1 Å². The summed E-state index contributed by atoms with van der Waals surface area (Å²) in [5.41, 5.74) is 2.14. The van der Waals surface area contributed by atoms with Crippen LogP contribution in [0.2, 0.25) is 0 Å². The molecular weight excluding hydrogens is 463 g/mol. The van der Waals surface area contributed by atoms with Crippen LogP contribution < -0.4 is 10.6 Å². The van der Waals surface area contributed by atoms with Crippen LogP contribution in [0.5, 0.6) is 0 Å². The molecule has 0 unspecified atom stereocenters. The van der Waals surface area contributed by atoms with E-state index in [4.69, 9.17) is 0 Å². The Bertz CT molecular complexity index is 807. The molecule has 0 aliphatic rings. The molecule has 142 valence electrons. The maximum Gasteiger partial charge on any atom is 0.242 e. The molecule has 2 aromatic carbocycles. The number of nitrogens with zero attached hydrogens (tertiary/aromatic N) is 2. The number of benzene rings is 2. The van der Waals surface area contributed by atoms with E-state index in [9.17, 15) is 8.42 Å². The van der Waals surface area contributed by atoms with E-state index < -0.39 is 10.0 Å². The van der Waals surface area contributed by atoms with Crippen molar-refractivity contribution in [2.24, 2.45) is 4.99 Å². The first-order valence-corrected chi connectivity index (χ1v) is 9.37. The molecule has 0 saturated carbocycles. The predicted molar refractivity (Wildman–Crippen MR) is 116 cm³/mol. The van der Waals surface area contributed by atoms with Crippen molar-refractivity contribution in [3.8, 4) is 0 Å². The highest BCUT2D eigenvalue weighted by molar-refractivity contribution is 14.0. The highest BCUT2D eigenvalue weighted by atomic mass is 127. The van der Waals surface area contributed by atoms with Crippen molar-refractivity contribution < 1.29 is 8.42 Å².